The van der Waals surface area contributed by atoms with Crippen LogP contribution in [0.4, 0.5) is 10.7 Å². The SMILES string of the molecule is CC(C)(C)OC(=O)n1ccnc1NC(=O)c1cnccc1Cl. The molecule has 0 spiro atoms. The monoisotopic (exact) mass is 322 g/mol. The van der Waals surface area contributed by atoms with Crippen molar-refractivity contribution in [2.24, 2.45) is 0 Å². The summed E-state index contributed by atoms with van der Waals surface area (Å²) in [5.41, 5.74) is -0.474. The van der Waals surface area contributed by atoms with Crippen molar-refractivity contribution in [1.29, 1.82) is 0 Å². The Balaban J connectivity index is 2.18. The van der Waals surface area contributed by atoms with Crippen LogP contribution in [0.3, 0.4) is 0 Å². The number of ether oxygens (including phenoxy) is 1. The highest BCUT2D eigenvalue weighted by molar-refractivity contribution is 6.34. The van der Waals surface area contributed by atoms with E-state index in [9.17, 15) is 9.59 Å². The van der Waals surface area contributed by atoms with Gasteiger partial charge in [-0.15, -0.1) is 0 Å². The number of hydrogen-bond acceptors (Lipinski definition) is 5. The molecule has 22 heavy (non-hydrogen) atoms. The molecule has 0 radical (unpaired) electrons. The van der Waals surface area contributed by atoms with E-state index in [4.69, 9.17) is 16.3 Å². The quantitative estimate of drug-likeness (QED) is 0.918. The van der Waals surface area contributed by atoms with E-state index in [1.807, 2.05) is 0 Å². The fourth-order valence-corrected chi connectivity index (χ4v) is 1.76. The number of nitrogens with one attached hydrogen (secondary N) is 1. The molecule has 1 amide bonds. The number of rotatable bonds is 2. The van der Waals surface area contributed by atoms with Gasteiger partial charge in [-0.25, -0.2) is 14.3 Å². The number of amides is 1. The van der Waals surface area contributed by atoms with Crippen molar-refractivity contribution >= 4 is 29.5 Å². The molecule has 0 unspecified atom stereocenters. The number of carbonyl (C=O) groups is 2. The second-order valence-electron chi connectivity index (χ2n) is 5.41. The molecule has 2 heterocycles. The van der Waals surface area contributed by atoms with Crippen LogP contribution in [0.25, 0.3) is 0 Å². The second-order valence-corrected chi connectivity index (χ2v) is 5.82. The Morgan fingerprint density at radius 3 is 2.68 bits per heavy atom. The lowest BCUT2D eigenvalue weighted by molar-refractivity contribution is 0.0540. The van der Waals surface area contributed by atoms with Gasteiger partial charge in [-0.1, -0.05) is 11.6 Å². The second kappa shape index (κ2) is 6.15. The van der Waals surface area contributed by atoms with E-state index in [0.29, 0.717) is 0 Å². The van der Waals surface area contributed by atoms with Crippen LogP contribution in [0.15, 0.2) is 30.9 Å². The summed E-state index contributed by atoms with van der Waals surface area (Å²) in [7, 11) is 0. The molecular weight excluding hydrogens is 308 g/mol. The number of nitrogens with zero attached hydrogens (tertiary/aromatic N) is 3. The Hall–Kier alpha value is -2.41. The molecule has 2 rings (SSSR count). The molecule has 0 saturated carbocycles. The fourth-order valence-electron chi connectivity index (χ4n) is 1.57. The number of carbonyl (C=O) groups excluding carboxylic acids is 2. The average molecular weight is 323 g/mol. The van der Waals surface area contributed by atoms with E-state index in [0.717, 1.165) is 4.57 Å². The van der Waals surface area contributed by atoms with Gasteiger partial charge >= 0.3 is 6.09 Å². The Kier molecular flexibility index (Phi) is 4.46. The summed E-state index contributed by atoms with van der Waals surface area (Å²) in [6.07, 6.45) is 4.94. The Labute approximate surface area is 132 Å². The van der Waals surface area contributed by atoms with Crippen molar-refractivity contribution in [1.82, 2.24) is 14.5 Å². The lowest BCUT2D eigenvalue weighted by Crippen LogP contribution is -2.28. The van der Waals surface area contributed by atoms with Crippen molar-refractivity contribution in [2.75, 3.05) is 5.32 Å². The minimum atomic E-state index is -0.657. The molecule has 1 N–H and O–H groups in total. The smallest absolute Gasteiger partial charge is 0.421 e. The highest BCUT2D eigenvalue weighted by Crippen LogP contribution is 2.16. The van der Waals surface area contributed by atoms with Crippen LogP contribution >= 0.6 is 11.6 Å². The van der Waals surface area contributed by atoms with Crippen molar-refractivity contribution in [3.05, 3.63) is 41.4 Å². The number of halogens is 1. The minimum absolute atomic E-state index is 0.0409. The van der Waals surface area contributed by atoms with Crippen LogP contribution in [0, 0.1) is 0 Å². The summed E-state index contributed by atoms with van der Waals surface area (Å²) < 4.78 is 6.33. The van der Waals surface area contributed by atoms with Gasteiger partial charge in [0.2, 0.25) is 5.95 Å². The maximum atomic E-state index is 12.2. The number of anilines is 1. The van der Waals surface area contributed by atoms with Crippen molar-refractivity contribution in [2.45, 2.75) is 26.4 Å². The summed E-state index contributed by atoms with van der Waals surface area (Å²) in [6.45, 7) is 5.24. The first-order chi connectivity index (χ1) is 10.3. The summed E-state index contributed by atoms with van der Waals surface area (Å²) in [4.78, 5) is 32.0. The van der Waals surface area contributed by atoms with Gasteiger partial charge in [0.05, 0.1) is 10.6 Å². The highest BCUT2D eigenvalue weighted by atomic mass is 35.5. The Morgan fingerprint density at radius 2 is 2.05 bits per heavy atom. The molecule has 116 valence electrons. The van der Waals surface area contributed by atoms with E-state index < -0.39 is 17.6 Å². The van der Waals surface area contributed by atoms with Crippen molar-refractivity contribution in [3.8, 4) is 0 Å². The van der Waals surface area contributed by atoms with Gasteiger partial charge in [0.15, 0.2) is 0 Å². The number of pyridine rings is 1. The molecule has 8 heteroatoms. The van der Waals surface area contributed by atoms with Crippen LogP contribution < -0.4 is 5.32 Å². The third-order valence-corrected chi connectivity index (χ3v) is 2.80. The molecule has 0 bridgehead atoms. The average Bonchev–Trinajstić information content (AvgIpc) is 2.85. The maximum Gasteiger partial charge on any atom is 0.421 e. The molecule has 0 fully saturated rings. The highest BCUT2D eigenvalue weighted by Gasteiger charge is 2.21. The van der Waals surface area contributed by atoms with Crippen LogP contribution in [-0.4, -0.2) is 32.1 Å². The van der Waals surface area contributed by atoms with Crippen LogP contribution in [0.5, 0.6) is 0 Å². The van der Waals surface area contributed by atoms with Crippen LogP contribution in [0.2, 0.25) is 5.02 Å². The molecule has 0 atom stereocenters. The number of aromatic nitrogens is 3. The molecule has 0 aliphatic rings. The summed E-state index contributed by atoms with van der Waals surface area (Å²) in [5.74, 6) is -0.478. The third-order valence-electron chi connectivity index (χ3n) is 2.47. The normalized spacial score (nSPS) is 11.1. The van der Waals surface area contributed by atoms with E-state index in [1.54, 1.807) is 20.8 Å². The standard InChI is InChI=1S/C14H15ClN4O3/c1-14(2,3)22-13(21)19-7-6-17-12(19)18-11(20)9-8-16-5-4-10(9)15/h4-8H,1-3H3,(H,17,18,20). The third kappa shape index (κ3) is 3.82. The van der Waals surface area contributed by atoms with Gasteiger partial charge in [-0.05, 0) is 26.8 Å². The van der Waals surface area contributed by atoms with Crippen molar-refractivity contribution in [3.63, 3.8) is 0 Å². The summed E-state index contributed by atoms with van der Waals surface area (Å²) in [6, 6.07) is 1.50. The first kappa shape index (κ1) is 16.0. The Bertz CT molecular complexity index is 706. The van der Waals surface area contributed by atoms with Crippen LogP contribution in [0.1, 0.15) is 31.1 Å². The molecule has 0 aliphatic carbocycles. The van der Waals surface area contributed by atoms with E-state index >= 15 is 0 Å². The van der Waals surface area contributed by atoms with Gasteiger partial charge in [0.25, 0.3) is 5.91 Å². The largest absolute Gasteiger partial charge is 0.443 e. The van der Waals surface area contributed by atoms with Gasteiger partial charge in [0, 0.05) is 24.8 Å². The number of hydrogen-bond donors (Lipinski definition) is 1. The lowest BCUT2D eigenvalue weighted by atomic mass is 10.2. The zero-order chi connectivity index (χ0) is 16.3. The lowest BCUT2D eigenvalue weighted by Gasteiger charge is -2.20. The van der Waals surface area contributed by atoms with Gasteiger partial charge in [-0.2, -0.15) is 0 Å². The maximum absolute atomic E-state index is 12.2. The van der Waals surface area contributed by atoms with Crippen molar-refractivity contribution < 1.29 is 14.3 Å². The Morgan fingerprint density at radius 1 is 1.32 bits per heavy atom. The van der Waals surface area contributed by atoms with E-state index in [-0.39, 0.29) is 16.5 Å². The molecule has 2 aromatic rings. The zero-order valence-electron chi connectivity index (χ0n) is 12.3. The molecule has 0 saturated heterocycles. The molecule has 2 aromatic heterocycles. The molecule has 0 aliphatic heterocycles. The number of imidazole rings is 1. The first-order valence-corrected chi connectivity index (χ1v) is 6.83. The van der Waals surface area contributed by atoms with Gasteiger partial charge in [-0.3, -0.25) is 15.1 Å². The minimum Gasteiger partial charge on any atom is -0.443 e. The van der Waals surface area contributed by atoms with Gasteiger partial charge < -0.3 is 4.74 Å². The molecule has 0 aromatic carbocycles. The molecule has 7 nitrogen and oxygen atoms in total. The van der Waals surface area contributed by atoms with Crippen LogP contribution in [-0.2, 0) is 4.74 Å². The predicted octanol–water partition coefficient (Wildman–Crippen LogP) is 2.97. The summed E-state index contributed by atoms with van der Waals surface area (Å²) >= 11 is 5.93. The van der Waals surface area contributed by atoms with E-state index in [2.05, 4.69) is 15.3 Å². The predicted molar refractivity (Wildman–Crippen MR) is 81.1 cm³/mol. The summed E-state index contributed by atoms with van der Waals surface area (Å²) in [5, 5.41) is 2.75. The fraction of sp³-hybridized carbons (Fsp3) is 0.286. The first-order valence-electron chi connectivity index (χ1n) is 6.45. The van der Waals surface area contributed by atoms with E-state index in [1.165, 1.54) is 30.9 Å². The zero-order valence-corrected chi connectivity index (χ0v) is 13.1. The van der Waals surface area contributed by atoms with Gasteiger partial charge in [0.1, 0.15) is 5.60 Å². The molecular formula is C14H15ClN4O3. The topological polar surface area (TPSA) is 86.1 Å².